The fourth-order valence-electron chi connectivity index (χ4n) is 3.50. The first-order valence-electron chi connectivity index (χ1n) is 10.1. The first-order chi connectivity index (χ1) is 15.0. The van der Waals surface area contributed by atoms with Gasteiger partial charge >= 0.3 is 0 Å². The first-order valence-corrected chi connectivity index (χ1v) is 11.5. The number of benzene rings is 2. The van der Waals surface area contributed by atoms with Crippen LogP contribution in [0.15, 0.2) is 53.7 Å². The van der Waals surface area contributed by atoms with Crippen LogP contribution in [0.3, 0.4) is 0 Å². The van der Waals surface area contributed by atoms with E-state index in [0.717, 1.165) is 43.3 Å². The summed E-state index contributed by atoms with van der Waals surface area (Å²) >= 11 is 7.27. The van der Waals surface area contributed by atoms with E-state index >= 15 is 0 Å². The van der Waals surface area contributed by atoms with Gasteiger partial charge in [0.15, 0.2) is 5.82 Å². The smallest absolute Gasteiger partial charge is 0.233 e. The molecule has 2 aromatic carbocycles. The molecule has 162 valence electrons. The van der Waals surface area contributed by atoms with E-state index in [2.05, 4.69) is 15.1 Å². The Labute approximate surface area is 191 Å². The first kappa shape index (κ1) is 21.7. The molecule has 1 saturated heterocycles. The highest BCUT2D eigenvalue weighted by molar-refractivity contribution is 7.99. The van der Waals surface area contributed by atoms with Crippen LogP contribution in [-0.2, 0) is 11.3 Å². The van der Waals surface area contributed by atoms with Crippen molar-refractivity contribution in [1.29, 1.82) is 0 Å². The topological polar surface area (TPSA) is 80.3 Å². The van der Waals surface area contributed by atoms with Gasteiger partial charge in [-0.1, -0.05) is 65.3 Å². The number of nitrogens with two attached hydrogens (primary N) is 1. The van der Waals surface area contributed by atoms with E-state index in [1.807, 2.05) is 60.4 Å². The summed E-state index contributed by atoms with van der Waals surface area (Å²) in [6.45, 7) is 6.04. The van der Waals surface area contributed by atoms with Crippen LogP contribution < -0.4 is 5.84 Å². The molecular formula is C22H25ClN6OS. The molecule has 0 spiro atoms. The fourth-order valence-corrected chi connectivity index (χ4v) is 4.38. The van der Waals surface area contributed by atoms with E-state index in [1.165, 1.54) is 27.6 Å². The van der Waals surface area contributed by atoms with Gasteiger partial charge in [0, 0.05) is 43.3 Å². The molecular weight excluding hydrogens is 432 g/mol. The van der Waals surface area contributed by atoms with Crippen molar-refractivity contribution in [3.8, 4) is 11.4 Å². The molecule has 1 amide bonds. The number of halogens is 1. The minimum Gasteiger partial charge on any atom is -0.339 e. The van der Waals surface area contributed by atoms with Crippen molar-refractivity contribution in [2.75, 3.05) is 37.8 Å². The number of piperazine rings is 1. The third-order valence-corrected chi connectivity index (χ3v) is 6.52. The summed E-state index contributed by atoms with van der Waals surface area (Å²) < 4.78 is 1.45. The van der Waals surface area contributed by atoms with Gasteiger partial charge in [0.05, 0.1) is 5.75 Å². The van der Waals surface area contributed by atoms with Gasteiger partial charge in [-0.05, 0) is 24.6 Å². The molecule has 0 bridgehead atoms. The van der Waals surface area contributed by atoms with E-state index in [4.69, 9.17) is 17.4 Å². The molecule has 0 saturated carbocycles. The Hall–Kier alpha value is -2.55. The second kappa shape index (κ2) is 9.72. The third-order valence-electron chi connectivity index (χ3n) is 5.34. The third kappa shape index (κ3) is 5.39. The number of aryl methyl sites for hydroxylation is 1. The van der Waals surface area contributed by atoms with Crippen LogP contribution >= 0.6 is 23.4 Å². The Balaban J connectivity index is 1.27. The number of amides is 1. The number of carbonyl (C=O) groups is 1. The van der Waals surface area contributed by atoms with Gasteiger partial charge < -0.3 is 10.7 Å². The maximum atomic E-state index is 12.7. The van der Waals surface area contributed by atoms with Crippen molar-refractivity contribution < 1.29 is 4.79 Å². The maximum Gasteiger partial charge on any atom is 0.233 e. The highest BCUT2D eigenvalue weighted by atomic mass is 35.5. The summed E-state index contributed by atoms with van der Waals surface area (Å²) in [6, 6.07) is 15.9. The average Bonchev–Trinajstić information content (AvgIpc) is 3.15. The lowest BCUT2D eigenvalue weighted by atomic mass is 10.1. The predicted molar refractivity (Wildman–Crippen MR) is 124 cm³/mol. The van der Waals surface area contributed by atoms with Crippen LogP contribution in [0.1, 0.15) is 11.1 Å². The van der Waals surface area contributed by atoms with Crippen LogP contribution in [0.2, 0.25) is 5.02 Å². The SMILES string of the molecule is Cc1ccc(-c2nnc(SCC(=O)N3CCN(Cc4ccc(Cl)cc4)CC3)n2N)cc1. The van der Waals surface area contributed by atoms with Crippen LogP contribution in [0.4, 0.5) is 0 Å². The summed E-state index contributed by atoms with van der Waals surface area (Å²) in [6.07, 6.45) is 0. The normalized spacial score (nSPS) is 14.7. The van der Waals surface area contributed by atoms with Crippen LogP contribution in [-0.4, -0.2) is 62.5 Å². The molecule has 1 aliphatic rings. The number of hydrogen-bond acceptors (Lipinski definition) is 6. The fraction of sp³-hybridized carbons (Fsp3) is 0.318. The largest absolute Gasteiger partial charge is 0.339 e. The van der Waals surface area contributed by atoms with Gasteiger partial charge in [-0.2, -0.15) is 0 Å². The molecule has 1 fully saturated rings. The molecule has 0 radical (unpaired) electrons. The van der Waals surface area contributed by atoms with Crippen molar-refractivity contribution in [1.82, 2.24) is 24.7 Å². The molecule has 0 unspecified atom stereocenters. The monoisotopic (exact) mass is 456 g/mol. The molecule has 2 heterocycles. The summed E-state index contributed by atoms with van der Waals surface area (Å²) in [7, 11) is 0. The van der Waals surface area contributed by atoms with E-state index < -0.39 is 0 Å². The summed E-state index contributed by atoms with van der Waals surface area (Å²) in [5, 5.41) is 9.63. The average molecular weight is 457 g/mol. The minimum atomic E-state index is 0.0935. The number of hydrogen-bond donors (Lipinski definition) is 1. The number of rotatable bonds is 6. The Kier molecular flexibility index (Phi) is 6.80. The maximum absolute atomic E-state index is 12.7. The molecule has 0 atom stereocenters. The second-order valence-electron chi connectivity index (χ2n) is 7.61. The summed E-state index contributed by atoms with van der Waals surface area (Å²) in [5.74, 6) is 7.14. The zero-order chi connectivity index (χ0) is 21.8. The molecule has 31 heavy (non-hydrogen) atoms. The summed E-state index contributed by atoms with van der Waals surface area (Å²) in [5.41, 5.74) is 3.29. The van der Waals surface area contributed by atoms with Crippen molar-refractivity contribution in [2.45, 2.75) is 18.6 Å². The van der Waals surface area contributed by atoms with Crippen LogP contribution in [0.5, 0.6) is 0 Å². The molecule has 3 aromatic rings. The molecule has 9 heteroatoms. The number of carbonyl (C=O) groups excluding carboxylic acids is 1. The minimum absolute atomic E-state index is 0.0935. The molecule has 1 aromatic heterocycles. The van der Waals surface area contributed by atoms with Gasteiger partial charge in [-0.15, -0.1) is 10.2 Å². The lowest BCUT2D eigenvalue weighted by molar-refractivity contribution is -0.130. The van der Waals surface area contributed by atoms with E-state index in [1.54, 1.807) is 0 Å². The van der Waals surface area contributed by atoms with Crippen molar-refractivity contribution in [3.63, 3.8) is 0 Å². The highest BCUT2D eigenvalue weighted by Crippen LogP contribution is 2.22. The Morgan fingerprint density at radius 1 is 1.03 bits per heavy atom. The number of nitrogen functional groups attached to an aromatic ring is 1. The Morgan fingerprint density at radius 2 is 1.71 bits per heavy atom. The number of aromatic nitrogens is 3. The zero-order valence-corrected chi connectivity index (χ0v) is 18.9. The lowest BCUT2D eigenvalue weighted by Gasteiger charge is -2.34. The van der Waals surface area contributed by atoms with Crippen LogP contribution in [0.25, 0.3) is 11.4 Å². The Morgan fingerprint density at radius 3 is 2.39 bits per heavy atom. The van der Waals surface area contributed by atoms with Gasteiger partial charge in [0.1, 0.15) is 0 Å². The number of thioether (sulfide) groups is 1. The van der Waals surface area contributed by atoms with Gasteiger partial charge in [0.25, 0.3) is 0 Å². The van der Waals surface area contributed by atoms with Gasteiger partial charge in [0.2, 0.25) is 11.1 Å². The van der Waals surface area contributed by atoms with Gasteiger partial charge in [-0.3, -0.25) is 9.69 Å². The lowest BCUT2D eigenvalue weighted by Crippen LogP contribution is -2.48. The van der Waals surface area contributed by atoms with Crippen LogP contribution in [0, 0.1) is 6.92 Å². The quantitative estimate of drug-likeness (QED) is 0.453. The van der Waals surface area contributed by atoms with Crippen molar-refractivity contribution >= 4 is 29.3 Å². The highest BCUT2D eigenvalue weighted by Gasteiger charge is 2.22. The molecule has 4 rings (SSSR count). The summed E-state index contributed by atoms with van der Waals surface area (Å²) in [4.78, 5) is 16.9. The predicted octanol–water partition coefficient (Wildman–Crippen LogP) is 3.06. The van der Waals surface area contributed by atoms with E-state index in [0.29, 0.717) is 16.7 Å². The van der Waals surface area contributed by atoms with Crippen molar-refractivity contribution in [2.24, 2.45) is 0 Å². The van der Waals surface area contributed by atoms with E-state index in [-0.39, 0.29) is 5.91 Å². The number of nitrogens with zero attached hydrogens (tertiary/aromatic N) is 5. The van der Waals surface area contributed by atoms with E-state index in [9.17, 15) is 4.79 Å². The standard InChI is InChI=1S/C22H25ClN6OS/c1-16-2-6-18(7-3-16)21-25-26-22(29(21)24)31-15-20(30)28-12-10-27(11-13-28)14-17-4-8-19(23)9-5-17/h2-9H,10-15,24H2,1H3. The van der Waals surface area contributed by atoms with Crippen molar-refractivity contribution in [3.05, 3.63) is 64.7 Å². The Bertz CT molecular complexity index is 1030. The molecule has 1 aliphatic heterocycles. The second-order valence-corrected chi connectivity index (χ2v) is 8.99. The molecule has 7 nitrogen and oxygen atoms in total. The molecule has 2 N–H and O–H groups in total. The van der Waals surface area contributed by atoms with Gasteiger partial charge in [-0.25, -0.2) is 4.68 Å². The molecule has 0 aliphatic carbocycles. The zero-order valence-electron chi connectivity index (χ0n) is 17.4.